The average Bonchev–Trinajstić information content (AvgIpc) is 2.07. The summed E-state index contributed by atoms with van der Waals surface area (Å²) in [6.45, 7) is 5.08. The Kier molecular flexibility index (Phi) is 3.06. The molecule has 7 nitrogen and oxygen atoms in total. The molecule has 1 aliphatic rings. The topological polar surface area (TPSA) is 111 Å². The van der Waals surface area contributed by atoms with E-state index < -0.39 is 35.6 Å². The van der Waals surface area contributed by atoms with Gasteiger partial charge < -0.3 is 21.1 Å². The summed E-state index contributed by atoms with van der Waals surface area (Å²) < 4.78 is 4.94. The molecule has 7 heteroatoms. The van der Waals surface area contributed by atoms with Gasteiger partial charge in [0.2, 0.25) is 11.8 Å². The highest BCUT2D eigenvalue weighted by atomic mass is 16.6. The maximum Gasteiger partial charge on any atom is 0.408 e. The second-order valence-corrected chi connectivity index (χ2v) is 4.51. The number of carbonyl (C=O) groups excluding carboxylic acids is 3. The normalized spacial score (nSPS) is 24.1. The van der Waals surface area contributed by atoms with Gasteiger partial charge in [-0.3, -0.25) is 9.59 Å². The molecule has 90 valence electrons. The molecule has 0 bridgehead atoms. The Morgan fingerprint density at radius 1 is 1.44 bits per heavy atom. The Labute approximate surface area is 92.7 Å². The van der Waals surface area contributed by atoms with Gasteiger partial charge in [0.15, 0.2) is 0 Å². The molecular weight excluding hydrogens is 214 g/mol. The van der Waals surface area contributed by atoms with Gasteiger partial charge in [-0.2, -0.15) is 0 Å². The lowest BCUT2D eigenvalue weighted by molar-refractivity contribution is -0.138. The Balaban J connectivity index is 2.51. The van der Waals surface area contributed by atoms with Gasteiger partial charge >= 0.3 is 6.09 Å². The number of ether oxygens (including phenoxy) is 1. The molecule has 1 saturated heterocycles. The minimum atomic E-state index is -0.938. The number of carbonyl (C=O) groups is 3. The highest BCUT2D eigenvalue weighted by Gasteiger charge is 2.44. The molecule has 2 unspecified atom stereocenters. The summed E-state index contributed by atoms with van der Waals surface area (Å²) in [7, 11) is 0. The van der Waals surface area contributed by atoms with Crippen molar-refractivity contribution < 1.29 is 19.1 Å². The molecule has 0 aromatic heterocycles. The molecule has 0 aromatic rings. The predicted octanol–water partition coefficient (Wildman–Crippen LogP) is -1.14. The van der Waals surface area contributed by atoms with Crippen molar-refractivity contribution in [3.05, 3.63) is 0 Å². The maximum absolute atomic E-state index is 11.3. The van der Waals surface area contributed by atoms with Crippen LogP contribution in [-0.4, -0.2) is 35.6 Å². The number of hydrogen-bond acceptors (Lipinski definition) is 4. The van der Waals surface area contributed by atoms with Crippen molar-refractivity contribution in [1.29, 1.82) is 0 Å². The molecule has 1 aliphatic heterocycles. The smallest absolute Gasteiger partial charge is 0.408 e. The fraction of sp³-hybridized carbons (Fsp3) is 0.667. The predicted molar refractivity (Wildman–Crippen MR) is 54.3 cm³/mol. The molecule has 1 rings (SSSR count). The SMILES string of the molecule is CC(C)(C)OC(=O)NC1C(=O)NC1C(N)=O. The third-order valence-corrected chi connectivity index (χ3v) is 1.89. The Morgan fingerprint density at radius 2 is 2.00 bits per heavy atom. The van der Waals surface area contributed by atoms with E-state index in [4.69, 9.17) is 10.5 Å². The zero-order valence-electron chi connectivity index (χ0n) is 9.37. The van der Waals surface area contributed by atoms with Crippen LogP contribution in [0.15, 0.2) is 0 Å². The average molecular weight is 229 g/mol. The zero-order chi connectivity index (χ0) is 12.5. The second kappa shape index (κ2) is 3.99. The standard InChI is InChI=1S/C9H15N3O4/c1-9(2,3)16-8(15)12-5-4(6(10)13)11-7(5)14/h4-5H,1-3H3,(H2,10,13)(H,11,14)(H,12,15). The summed E-state index contributed by atoms with van der Waals surface area (Å²) in [5, 5.41) is 4.56. The number of amides is 3. The number of β-lactam (4-membered cyclic amide) rings is 1. The molecule has 3 amide bonds. The van der Waals surface area contributed by atoms with E-state index in [-0.39, 0.29) is 0 Å². The van der Waals surface area contributed by atoms with Crippen LogP contribution in [0.25, 0.3) is 0 Å². The number of nitrogens with one attached hydrogen (secondary N) is 2. The van der Waals surface area contributed by atoms with Gasteiger partial charge in [0.1, 0.15) is 17.7 Å². The monoisotopic (exact) mass is 229 g/mol. The van der Waals surface area contributed by atoms with Gasteiger partial charge in [-0.1, -0.05) is 0 Å². The first-order valence-corrected chi connectivity index (χ1v) is 4.80. The first kappa shape index (κ1) is 12.3. The van der Waals surface area contributed by atoms with Crippen LogP contribution in [0, 0.1) is 0 Å². The van der Waals surface area contributed by atoms with Crippen molar-refractivity contribution in [3.63, 3.8) is 0 Å². The van der Waals surface area contributed by atoms with Crippen molar-refractivity contribution in [2.24, 2.45) is 5.73 Å². The van der Waals surface area contributed by atoms with Crippen LogP contribution < -0.4 is 16.4 Å². The van der Waals surface area contributed by atoms with Gasteiger partial charge in [0.25, 0.3) is 0 Å². The van der Waals surface area contributed by atoms with E-state index in [0.29, 0.717) is 0 Å². The minimum absolute atomic E-state index is 0.449. The summed E-state index contributed by atoms with van der Waals surface area (Å²) in [6, 6.07) is -1.80. The van der Waals surface area contributed by atoms with Crippen LogP contribution in [0.4, 0.5) is 4.79 Å². The quantitative estimate of drug-likeness (QED) is 0.520. The van der Waals surface area contributed by atoms with Crippen molar-refractivity contribution in [1.82, 2.24) is 10.6 Å². The summed E-state index contributed by atoms with van der Waals surface area (Å²) >= 11 is 0. The van der Waals surface area contributed by atoms with Crippen LogP contribution in [0.2, 0.25) is 0 Å². The lowest BCUT2D eigenvalue weighted by atomic mass is 9.99. The molecular formula is C9H15N3O4. The molecule has 1 heterocycles. The maximum atomic E-state index is 11.3. The van der Waals surface area contributed by atoms with E-state index in [1.54, 1.807) is 20.8 Å². The van der Waals surface area contributed by atoms with Crippen molar-refractivity contribution in [3.8, 4) is 0 Å². The number of alkyl carbamates (subject to hydrolysis) is 1. The van der Waals surface area contributed by atoms with E-state index in [9.17, 15) is 14.4 Å². The van der Waals surface area contributed by atoms with E-state index in [0.717, 1.165) is 0 Å². The minimum Gasteiger partial charge on any atom is -0.444 e. The van der Waals surface area contributed by atoms with Crippen LogP contribution in [0.5, 0.6) is 0 Å². The second-order valence-electron chi connectivity index (χ2n) is 4.51. The van der Waals surface area contributed by atoms with E-state index >= 15 is 0 Å². The fourth-order valence-electron chi connectivity index (χ4n) is 1.20. The fourth-order valence-corrected chi connectivity index (χ4v) is 1.20. The summed E-state index contributed by atoms with van der Waals surface area (Å²) in [5.74, 6) is -1.14. The van der Waals surface area contributed by atoms with Crippen LogP contribution in [0.3, 0.4) is 0 Å². The number of nitrogens with two attached hydrogens (primary N) is 1. The first-order valence-electron chi connectivity index (χ1n) is 4.80. The van der Waals surface area contributed by atoms with Gasteiger partial charge in [-0.05, 0) is 20.8 Å². The van der Waals surface area contributed by atoms with Crippen LogP contribution >= 0.6 is 0 Å². The molecule has 2 atom stereocenters. The van der Waals surface area contributed by atoms with Crippen LogP contribution in [-0.2, 0) is 14.3 Å². The summed E-state index contributed by atoms with van der Waals surface area (Å²) in [6.07, 6.45) is -0.751. The molecule has 0 aliphatic carbocycles. The van der Waals surface area contributed by atoms with Crippen molar-refractivity contribution in [2.75, 3.05) is 0 Å². The first-order chi connectivity index (χ1) is 7.20. The van der Waals surface area contributed by atoms with Gasteiger partial charge in [-0.15, -0.1) is 0 Å². The molecule has 0 aromatic carbocycles. The molecule has 0 radical (unpaired) electrons. The largest absolute Gasteiger partial charge is 0.444 e. The Morgan fingerprint density at radius 3 is 2.38 bits per heavy atom. The third-order valence-electron chi connectivity index (χ3n) is 1.89. The van der Waals surface area contributed by atoms with Gasteiger partial charge in [0, 0.05) is 0 Å². The molecule has 4 N–H and O–H groups in total. The number of primary amides is 1. The van der Waals surface area contributed by atoms with Crippen molar-refractivity contribution >= 4 is 17.9 Å². The van der Waals surface area contributed by atoms with Crippen molar-refractivity contribution in [2.45, 2.75) is 38.5 Å². The highest BCUT2D eigenvalue weighted by Crippen LogP contribution is 2.10. The molecule has 0 saturated carbocycles. The Bertz CT molecular complexity index is 334. The van der Waals surface area contributed by atoms with E-state index in [1.807, 2.05) is 0 Å². The van der Waals surface area contributed by atoms with Crippen LogP contribution in [0.1, 0.15) is 20.8 Å². The van der Waals surface area contributed by atoms with E-state index in [2.05, 4.69) is 10.6 Å². The van der Waals surface area contributed by atoms with Gasteiger partial charge in [-0.25, -0.2) is 4.79 Å². The summed E-state index contributed by atoms with van der Waals surface area (Å²) in [4.78, 5) is 33.2. The lowest BCUT2D eigenvalue weighted by Gasteiger charge is -2.34. The Hall–Kier alpha value is -1.79. The number of rotatable bonds is 2. The number of hydrogen-bond donors (Lipinski definition) is 3. The summed E-state index contributed by atoms with van der Waals surface area (Å²) in [5.41, 5.74) is 4.35. The lowest BCUT2D eigenvalue weighted by Crippen LogP contribution is -2.73. The third kappa shape index (κ3) is 2.85. The molecule has 1 fully saturated rings. The molecule has 0 spiro atoms. The van der Waals surface area contributed by atoms with Gasteiger partial charge in [0.05, 0.1) is 0 Å². The van der Waals surface area contributed by atoms with E-state index in [1.165, 1.54) is 0 Å². The molecule has 16 heavy (non-hydrogen) atoms. The highest BCUT2D eigenvalue weighted by molar-refractivity contribution is 6.02. The zero-order valence-corrected chi connectivity index (χ0v) is 9.37.